The summed E-state index contributed by atoms with van der Waals surface area (Å²) in [7, 11) is 1.94. The number of aromatic nitrogens is 2. The van der Waals surface area contributed by atoms with Gasteiger partial charge in [-0.25, -0.2) is 0 Å². The average Bonchev–Trinajstić information content (AvgIpc) is 3.03. The van der Waals surface area contributed by atoms with Crippen molar-refractivity contribution in [2.75, 3.05) is 20.1 Å². The van der Waals surface area contributed by atoms with Crippen LogP contribution in [0.1, 0.15) is 23.7 Å². The molecule has 0 bridgehead atoms. The molecule has 1 fully saturated rings. The molecule has 1 aromatic carbocycles. The number of amides is 1. The third-order valence-electron chi connectivity index (χ3n) is 4.25. The lowest BCUT2D eigenvalue weighted by Crippen LogP contribution is -2.48. The molecule has 0 spiro atoms. The first-order valence-corrected chi connectivity index (χ1v) is 8.11. The van der Waals surface area contributed by atoms with Crippen LogP contribution in [0.15, 0.2) is 34.9 Å². The molecule has 1 aliphatic heterocycles. The zero-order valence-corrected chi connectivity index (χ0v) is 13.7. The highest BCUT2D eigenvalue weighted by Crippen LogP contribution is 2.16. The first kappa shape index (κ1) is 16.6. The normalized spacial score (nSPS) is 21.6. The number of aliphatic hydroxyl groups is 1. The highest BCUT2D eigenvalue weighted by molar-refractivity contribution is 5.79. The molecule has 1 saturated heterocycles. The summed E-state index contributed by atoms with van der Waals surface area (Å²) < 4.78 is 5.17. The maximum atomic E-state index is 12.2. The van der Waals surface area contributed by atoms with E-state index in [1.165, 1.54) is 0 Å². The van der Waals surface area contributed by atoms with Gasteiger partial charge in [0.25, 0.3) is 0 Å². The van der Waals surface area contributed by atoms with Crippen LogP contribution in [0.3, 0.4) is 0 Å². The largest absolute Gasteiger partial charge is 0.392 e. The van der Waals surface area contributed by atoms with Crippen LogP contribution in [0.5, 0.6) is 0 Å². The molecule has 7 nitrogen and oxygen atoms in total. The second-order valence-corrected chi connectivity index (χ2v) is 6.21. The van der Waals surface area contributed by atoms with Gasteiger partial charge in [-0.05, 0) is 19.0 Å². The summed E-state index contributed by atoms with van der Waals surface area (Å²) in [6.45, 7) is 1.53. The van der Waals surface area contributed by atoms with Crippen molar-refractivity contribution in [2.45, 2.75) is 25.5 Å². The maximum absolute atomic E-state index is 12.2. The van der Waals surface area contributed by atoms with Gasteiger partial charge in [0.05, 0.1) is 18.6 Å². The highest BCUT2D eigenvalue weighted by Gasteiger charge is 2.31. The number of hydrogen-bond donors (Lipinski definition) is 2. The Kier molecular flexibility index (Phi) is 5.22. The lowest BCUT2D eigenvalue weighted by Gasteiger charge is -2.32. The first-order chi connectivity index (χ1) is 11.6. The third kappa shape index (κ3) is 4.18. The molecule has 2 heterocycles. The molecule has 1 aliphatic rings. The van der Waals surface area contributed by atoms with E-state index in [0.717, 1.165) is 12.1 Å². The van der Waals surface area contributed by atoms with Crippen molar-refractivity contribution < 1.29 is 14.4 Å². The smallest absolute Gasteiger partial charge is 0.246 e. The quantitative estimate of drug-likeness (QED) is 0.834. The Balaban J connectivity index is 1.52. The summed E-state index contributed by atoms with van der Waals surface area (Å²) in [4.78, 5) is 18.6. The number of aliphatic hydroxyl groups excluding tert-OH is 1. The van der Waals surface area contributed by atoms with Crippen molar-refractivity contribution in [3.05, 3.63) is 47.6 Å². The fourth-order valence-electron chi connectivity index (χ4n) is 2.87. The second-order valence-electron chi connectivity index (χ2n) is 6.21. The zero-order chi connectivity index (χ0) is 16.9. The summed E-state index contributed by atoms with van der Waals surface area (Å²) >= 11 is 0. The average molecular weight is 330 g/mol. The van der Waals surface area contributed by atoms with Gasteiger partial charge in [0.1, 0.15) is 0 Å². The molecule has 1 amide bonds. The number of benzene rings is 1. The number of hydrogen-bond acceptors (Lipinski definition) is 6. The lowest BCUT2D eigenvalue weighted by atomic mass is 9.94. The molecule has 2 aromatic rings. The van der Waals surface area contributed by atoms with Gasteiger partial charge >= 0.3 is 0 Å². The van der Waals surface area contributed by atoms with Gasteiger partial charge in [0.15, 0.2) is 5.82 Å². The van der Waals surface area contributed by atoms with Crippen LogP contribution in [0, 0.1) is 5.92 Å². The Labute approximate surface area is 140 Å². The molecule has 24 heavy (non-hydrogen) atoms. The molecular weight excluding hydrogens is 308 g/mol. The Morgan fingerprint density at radius 2 is 2.21 bits per heavy atom. The summed E-state index contributed by atoms with van der Waals surface area (Å²) in [6, 6.07) is 9.88. The Bertz CT molecular complexity index is 673. The number of carbonyl (C=O) groups excluding carboxylic acids is 1. The van der Waals surface area contributed by atoms with Crippen LogP contribution in [0.4, 0.5) is 0 Å². The Morgan fingerprint density at radius 1 is 1.42 bits per heavy atom. The topological polar surface area (TPSA) is 91.5 Å². The first-order valence-electron chi connectivity index (χ1n) is 8.11. The number of carbonyl (C=O) groups is 1. The van der Waals surface area contributed by atoms with E-state index < -0.39 is 12.0 Å². The number of nitrogens with zero attached hydrogens (tertiary/aromatic N) is 3. The van der Waals surface area contributed by atoms with Crippen molar-refractivity contribution in [1.29, 1.82) is 0 Å². The summed E-state index contributed by atoms with van der Waals surface area (Å²) in [5, 5.41) is 16.7. The third-order valence-corrected chi connectivity index (χ3v) is 4.25. The monoisotopic (exact) mass is 330 g/mol. The molecule has 0 radical (unpaired) electrons. The molecule has 0 aliphatic carbocycles. The number of piperidine rings is 1. The SMILES string of the molecule is CN1CC[C@H](O)[C@H](C(=O)NCc2nc(Cc3ccccc3)no2)C1. The summed E-state index contributed by atoms with van der Waals surface area (Å²) in [5.41, 5.74) is 1.10. The van der Waals surface area contributed by atoms with Crippen LogP contribution in [-0.4, -0.2) is 52.3 Å². The molecule has 2 atom stereocenters. The summed E-state index contributed by atoms with van der Waals surface area (Å²) in [5.74, 6) is 0.350. The molecule has 0 unspecified atom stereocenters. The van der Waals surface area contributed by atoms with E-state index in [1.807, 2.05) is 42.3 Å². The van der Waals surface area contributed by atoms with Gasteiger partial charge < -0.3 is 19.8 Å². The second kappa shape index (κ2) is 7.55. The maximum Gasteiger partial charge on any atom is 0.246 e. The molecule has 1 aromatic heterocycles. The molecule has 7 heteroatoms. The number of nitrogens with one attached hydrogen (secondary N) is 1. The minimum Gasteiger partial charge on any atom is -0.392 e. The van der Waals surface area contributed by atoms with Gasteiger partial charge in [-0.15, -0.1) is 0 Å². The van der Waals surface area contributed by atoms with Crippen molar-refractivity contribution in [1.82, 2.24) is 20.4 Å². The highest BCUT2D eigenvalue weighted by atomic mass is 16.5. The molecule has 128 valence electrons. The fraction of sp³-hybridized carbons (Fsp3) is 0.471. The minimum atomic E-state index is -0.600. The van der Waals surface area contributed by atoms with E-state index in [0.29, 0.717) is 31.1 Å². The van der Waals surface area contributed by atoms with E-state index in [2.05, 4.69) is 15.5 Å². The zero-order valence-electron chi connectivity index (χ0n) is 13.7. The Hall–Kier alpha value is -2.25. The molecule has 2 N–H and O–H groups in total. The van der Waals surface area contributed by atoms with Crippen LogP contribution >= 0.6 is 0 Å². The van der Waals surface area contributed by atoms with Crippen LogP contribution in [-0.2, 0) is 17.8 Å². The predicted molar refractivity (Wildman–Crippen MR) is 87.0 cm³/mol. The van der Waals surface area contributed by atoms with E-state index >= 15 is 0 Å². The van der Waals surface area contributed by atoms with Gasteiger partial charge in [-0.1, -0.05) is 35.5 Å². The molecule has 0 saturated carbocycles. The van der Waals surface area contributed by atoms with Crippen molar-refractivity contribution in [3.8, 4) is 0 Å². The van der Waals surface area contributed by atoms with E-state index in [9.17, 15) is 9.90 Å². The van der Waals surface area contributed by atoms with Crippen molar-refractivity contribution in [2.24, 2.45) is 5.92 Å². The molecule has 3 rings (SSSR count). The Morgan fingerprint density at radius 3 is 3.00 bits per heavy atom. The van der Waals surface area contributed by atoms with E-state index in [4.69, 9.17) is 4.52 Å². The van der Waals surface area contributed by atoms with Gasteiger partial charge in [-0.3, -0.25) is 4.79 Å². The number of likely N-dealkylation sites (tertiary alicyclic amines) is 1. The van der Waals surface area contributed by atoms with E-state index in [-0.39, 0.29) is 12.5 Å². The number of rotatable bonds is 5. The van der Waals surface area contributed by atoms with Crippen LogP contribution in [0.2, 0.25) is 0 Å². The predicted octanol–water partition coefficient (Wildman–Crippen LogP) is 0.589. The lowest BCUT2D eigenvalue weighted by molar-refractivity contribution is -0.131. The molecular formula is C17H22N4O3. The van der Waals surface area contributed by atoms with E-state index in [1.54, 1.807) is 0 Å². The van der Waals surface area contributed by atoms with Gasteiger partial charge in [-0.2, -0.15) is 4.98 Å². The van der Waals surface area contributed by atoms with Crippen molar-refractivity contribution >= 4 is 5.91 Å². The summed E-state index contributed by atoms with van der Waals surface area (Å²) in [6.07, 6.45) is 0.596. The van der Waals surface area contributed by atoms with Gasteiger partial charge in [0.2, 0.25) is 11.8 Å². The van der Waals surface area contributed by atoms with Crippen LogP contribution in [0.25, 0.3) is 0 Å². The minimum absolute atomic E-state index is 0.174. The van der Waals surface area contributed by atoms with Crippen LogP contribution < -0.4 is 5.32 Å². The standard InChI is InChI=1S/C17H22N4O3/c1-21-8-7-14(22)13(11-21)17(23)18-10-16-19-15(20-24-16)9-12-5-3-2-4-6-12/h2-6,13-14,22H,7-11H2,1H3,(H,18,23)/t13-,14+/m1/s1. The van der Waals surface area contributed by atoms with Crippen molar-refractivity contribution in [3.63, 3.8) is 0 Å². The fourth-order valence-corrected chi connectivity index (χ4v) is 2.87. The van der Waals surface area contributed by atoms with Gasteiger partial charge in [0, 0.05) is 19.5 Å².